The molecule has 0 aliphatic carbocycles. The van der Waals surface area contributed by atoms with Crippen molar-refractivity contribution in [3.05, 3.63) is 72.1 Å². The van der Waals surface area contributed by atoms with Gasteiger partial charge in [0.05, 0.1) is 16.7 Å². The molecule has 2 aromatic carbocycles. The van der Waals surface area contributed by atoms with Crippen molar-refractivity contribution in [1.82, 2.24) is 19.8 Å². The Morgan fingerprint density at radius 2 is 1.61 bits per heavy atom. The number of para-hydroxylation sites is 2. The summed E-state index contributed by atoms with van der Waals surface area (Å²) in [4.78, 5) is 31.1. The number of hydrogen-bond acceptors (Lipinski definition) is 5. The molecule has 3 heterocycles. The number of nitrogens with one attached hydrogen (secondary N) is 2. The van der Waals surface area contributed by atoms with E-state index < -0.39 is 11.8 Å². The summed E-state index contributed by atoms with van der Waals surface area (Å²) in [6.07, 6.45) is 7.92. The molecular weight excluding hydrogens is 472 g/mol. The van der Waals surface area contributed by atoms with Crippen LogP contribution in [0, 0.1) is 11.5 Å². The van der Waals surface area contributed by atoms with E-state index in [2.05, 4.69) is 10.6 Å². The van der Waals surface area contributed by atoms with Gasteiger partial charge < -0.3 is 9.13 Å². The lowest BCUT2D eigenvalue weighted by molar-refractivity contribution is -0.122. The minimum Gasteiger partial charge on any atom is -0.350 e. The summed E-state index contributed by atoms with van der Waals surface area (Å²) in [5, 5.41) is 16.5. The fraction of sp³-hybridized carbons (Fsp3) is 0.185. The number of rotatable bonds is 5. The quantitative estimate of drug-likeness (QED) is 0.140. The Morgan fingerprint density at radius 3 is 2.22 bits per heavy atom. The molecule has 0 fully saturated rings. The number of carbonyl (C=O) groups is 2. The molecule has 1 atom stereocenters. The average molecular weight is 497 g/mol. The predicted molar refractivity (Wildman–Crippen MR) is 144 cm³/mol. The molecule has 2 amide bonds. The van der Waals surface area contributed by atoms with Gasteiger partial charge in [-0.05, 0) is 24.8 Å². The van der Waals surface area contributed by atoms with Gasteiger partial charge in [-0.3, -0.25) is 20.2 Å². The summed E-state index contributed by atoms with van der Waals surface area (Å²) in [7, 11) is 1.93. The Labute approximate surface area is 212 Å². The van der Waals surface area contributed by atoms with E-state index in [-0.39, 0.29) is 6.17 Å². The van der Waals surface area contributed by atoms with Gasteiger partial charge in [0.25, 0.3) is 11.8 Å². The largest absolute Gasteiger partial charge is 0.350 e. The number of hydrogen-bond donors (Lipinski definition) is 2. The first-order valence-electron chi connectivity index (χ1n) is 11.5. The number of benzene rings is 2. The number of aryl methyl sites for hydroxylation is 1. The lowest BCUT2D eigenvalue weighted by Gasteiger charge is -2.15. The second-order valence-corrected chi connectivity index (χ2v) is 9.23. The van der Waals surface area contributed by atoms with Gasteiger partial charge in [0, 0.05) is 46.9 Å². The highest BCUT2D eigenvalue weighted by Crippen LogP contribution is 2.39. The van der Waals surface area contributed by atoms with Gasteiger partial charge in [0.2, 0.25) is 0 Å². The number of nitrogens with zero attached hydrogens (tertiary/aromatic N) is 4. The first-order chi connectivity index (χ1) is 17.5. The van der Waals surface area contributed by atoms with Crippen molar-refractivity contribution in [3.8, 4) is 6.19 Å². The molecule has 8 nitrogen and oxygen atoms in total. The smallest absolute Gasteiger partial charge is 0.259 e. The van der Waals surface area contributed by atoms with Crippen molar-refractivity contribution in [1.29, 1.82) is 5.26 Å². The highest BCUT2D eigenvalue weighted by atomic mass is 32.2. The van der Waals surface area contributed by atoms with Crippen LogP contribution in [0.2, 0.25) is 0 Å². The molecule has 0 bridgehead atoms. The van der Waals surface area contributed by atoms with Gasteiger partial charge in [0.15, 0.2) is 11.4 Å². The Hall–Kier alpha value is -4.29. The fourth-order valence-electron chi connectivity index (χ4n) is 4.83. The predicted octanol–water partition coefficient (Wildman–Crippen LogP) is 4.40. The van der Waals surface area contributed by atoms with Gasteiger partial charge in [-0.15, -0.1) is 0 Å². The van der Waals surface area contributed by atoms with E-state index >= 15 is 0 Å². The summed E-state index contributed by atoms with van der Waals surface area (Å²) in [5.41, 5.74) is 3.97. The lowest BCUT2D eigenvalue weighted by Crippen LogP contribution is -2.22. The van der Waals surface area contributed by atoms with Gasteiger partial charge >= 0.3 is 0 Å². The van der Waals surface area contributed by atoms with E-state index in [1.807, 2.05) is 96.5 Å². The second-order valence-electron chi connectivity index (χ2n) is 8.44. The molecule has 180 valence electrons. The molecule has 1 unspecified atom stereocenters. The monoisotopic (exact) mass is 496 g/mol. The first-order valence-corrected chi connectivity index (χ1v) is 12.7. The maximum atomic E-state index is 13.2. The highest BCUT2D eigenvalue weighted by molar-refractivity contribution is 8.13. The van der Waals surface area contributed by atoms with E-state index in [9.17, 15) is 9.59 Å². The molecule has 9 heteroatoms. The number of thioether (sulfide) groups is 1. The first kappa shape index (κ1) is 23.5. The number of aromatic nitrogens is 2. The molecule has 2 aromatic heterocycles. The molecule has 0 spiro atoms. The lowest BCUT2D eigenvalue weighted by atomic mass is 9.95. The summed E-state index contributed by atoms with van der Waals surface area (Å²) >= 11 is 1.35. The number of amides is 2. The normalized spacial score (nSPS) is 15.0. The van der Waals surface area contributed by atoms with Crippen LogP contribution >= 0.6 is 11.8 Å². The molecular formula is C27H24N6O2S. The molecule has 1 aliphatic rings. The Kier molecular flexibility index (Phi) is 6.12. The van der Waals surface area contributed by atoms with E-state index in [0.29, 0.717) is 28.3 Å². The third-order valence-electron chi connectivity index (χ3n) is 6.42. The second kappa shape index (κ2) is 9.40. The van der Waals surface area contributed by atoms with Crippen molar-refractivity contribution in [3.63, 3.8) is 0 Å². The molecule has 2 N–H and O–H groups in total. The van der Waals surface area contributed by atoms with Crippen LogP contribution in [-0.2, 0) is 16.6 Å². The van der Waals surface area contributed by atoms with Crippen LogP contribution in [0.15, 0.2) is 65.9 Å². The summed E-state index contributed by atoms with van der Waals surface area (Å²) < 4.78 is 3.96. The third kappa shape index (κ3) is 3.76. The summed E-state index contributed by atoms with van der Waals surface area (Å²) in [6, 6.07) is 15.6. The van der Waals surface area contributed by atoms with Crippen molar-refractivity contribution in [2.24, 2.45) is 12.0 Å². The fourth-order valence-corrected chi connectivity index (χ4v) is 5.20. The van der Waals surface area contributed by atoms with Crippen LogP contribution in [0.1, 0.15) is 30.6 Å². The zero-order chi connectivity index (χ0) is 25.4. The molecule has 0 saturated carbocycles. The SMILES string of the molecule is CCC(N=C(NC#N)SC)n1cc(C2=C(c3cn(C)c4ccccc34)C(=O)NC2=O)c2ccccc21. The molecule has 0 radical (unpaired) electrons. The van der Waals surface area contributed by atoms with Crippen molar-refractivity contribution in [2.45, 2.75) is 19.5 Å². The van der Waals surface area contributed by atoms with Crippen LogP contribution in [0.25, 0.3) is 33.0 Å². The molecule has 36 heavy (non-hydrogen) atoms. The summed E-state index contributed by atoms with van der Waals surface area (Å²) in [5.74, 6) is -0.825. The molecule has 1 aliphatic heterocycles. The molecule has 0 saturated heterocycles. The van der Waals surface area contributed by atoms with Crippen LogP contribution < -0.4 is 10.6 Å². The van der Waals surface area contributed by atoms with Crippen molar-refractivity contribution < 1.29 is 9.59 Å². The Morgan fingerprint density at radius 1 is 1.03 bits per heavy atom. The number of aliphatic imine (C=N–C) groups is 1. The number of nitriles is 1. The summed E-state index contributed by atoms with van der Waals surface area (Å²) in [6.45, 7) is 2.01. The number of amidine groups is 1. The topological polar surface area (TPSA) is 104 Å². The van der Waals surface area contributed by atoms with Crippen LogP contribution in [0.4, 0.5) is 0 Å². The number of carbonyl (C=O) groups excluding carboxylic acids is 2. The van der Waals surface area contributed by atoms with Crippen LogP contribution in [0.5, 0.6) is 0 Å². The minimum atomic E-state index is -0.418. The van der Waals surface area contributed by atoms with E-state index in [1.165, 1.54) is 11.8 Å². The van der Waals surface area contributed by atoms with Gasteiger partial charge in [0.1, 0.15) is 6.17 Å². The molecule has 5 rings (SSSR count). The van der Waals surface area contributed by atoms with E-state index in [1.54, 1.807) is 0 Å². The average Bonchev–Trinajstić information content (AvgIpc) is 3.52. The highest BCUT2D eigenvalue weighted by Gasteiger charge is 2.35. The zero-order valence-corrected chi connectivity index (χ0v) is 20.9. The van der Waals surface area contributed by atoms with Gasteiger partial charge in [-0.1, -0.05) is 55.1 Å². The van der Waals surface area contributed by atoms with Gasteiger partial charge in [-0.2, -0.15) is 5.26 Å². The Balaban J connectivity index is 1.77. The van der Waals surface area contributed by atoms with Crippen molar-refractivity contribution >= 4 is 61.7 Å². The third-order valence-corrected chi connectivity index (χ3v) is 7.01. The standard InChI is InChI=1S/C27H24N6O2S/c1-4-22(30-27(36-3)29-15-28)33-14-19(17-10-6-8-12-21(17)33)24-23(25(34)31-26(24)35)18-13-32(2)20-11-7-5-9-16(18)20/h5-14,22H,4H2,1-3H3,(H,29,30)(H,31,34,35). The number of fused-ring (bicyclic) bond motifs is 2. The van der Waals surface area contributed by atoms with Crippen LogP contribution in [0.3, 0.4) is 0 Å². The minimum absolute atomic E-state index is 0.311. The van der Waals surface area contributed by atoms with E-state index in [0.717, 1.165) is 27.4 Å². The number of imide groups is 1. The van der Waals surface area contributed by atoms with Gasteiger partial charge in [-0.25, -0.2) is 4.99 Å². The Bertz CT molecular complexity index is 1630. The molecule has 4 aromatic rings. The zero-order valence-electron chi connectivity index (χ0n) is 20.1. The maximum absolute atomic E-state index is 13.2. The maximum Gasteiger partial charge on any atom is 0.259 e. The van der Waals surface area contributed by atoms with Crippen molar-refractivity contribution in [2.75, 3.05) is 6.26 Å². The van der Waals surface area contributed by atoms with E-state index in [4.69, 9.17) is 10.3 Å². The van der Waals surface area contributed by atoms with Crippen LogP contribution in [-0.4, -0.2) is 32.4 Å².